The van der Waals surface area contributed by atoms with Crippen LogP contribution in [0.1, 0.15) is 90.2 Å². The molecule has 2 aromatic carbocycles. The Kier molecular flexibility index (Phi) is 10.9. The third kappa shape index (κ3) is 7.24. The van der Waals surface area contributed by atoms with Crippen LogP contribution in [-0.4, -0.2) is 11.9 Å². The molecule has 0 heterocycles. The maximum absolute atomic E-state index is 12.5. The number of hydrogen-bond acceptors (Lipinski definition) is 6. The molecule has 6 heteroatoms. The largest absolute Gasteiger partial charge is 0.431 e. The number of carbonyl (C=O) groups excluding carboxylic acids is 2. The molecule has 0 aliphatic heterocycles. The van der Waals surface area contributed by atoms with Gasteiger partial charge in [0, 0.05) is 36.8 Å². The number of ether oxygens (including phenoxy) is 2. The molecular weight excluding hydrogens is 428 g/mol. The summed E-state index contributed by atoms with van der Waals surface area (Å²) in [6, 6.07) is 19.0. The van der Waals surface area contributed by atoms with E-state index >= 15 is 0 Å². The van der Waals surface area contributed by atoms with Crippen molar-refractivity contribution in [2.24, 2.45) is 10.2 Å². The van der Waals surface area contributed by atoms with Crippen molar-refractivity contribution in [1.82, 2.24) is 0 Å². The van der Waals surface area contributed by atoms with Gasteiger partial charge in [0.15, 0.2) is 0 Å². The lowest BCUT2D eigenvalue weighted by molar-refractivity contribution is -0.168. The van der Waals surface area contributed by atoms with Gasteiger partial charge in [-0.05, 0) is 12.8 Å². The van der Waals surface area contributed by atoms with Gasteiger partial charge in [-0.15, -0.1) is 10.2 Å². The Balaban J connectivity index is 2.70. The maximum atomic E-state index is 12.5. The first kappa shape index (κ1) is 27.2. The molecule has 0 aliphatic carbocycles. The smallest absolute Gasteiger partial charge is 0.308 e. The van der Waals surface area contributed by atoms with Crippen LogP contribution in [0.4, 0.5) is 0 Å². The van der Waals surface area contributed by atoms with Gasteiger partial charge in [-0.3, -0.25) is 9.59 Å². The number of azo groups is 1. The van der Waals surface area contributed by atoms with E-state index in [2.05, 4.69) is 13.8 Å². The zero-order chi connectivity index (χ0) is 24.9. The van der Waals surface area contributed by atoms with Gasteiger partial charge in [0.05, 0.1) is 0 Å². The molecule has 0 aliphatic rings. The van der Waals surface area contributed by atoms with Gasteiger partial charge in [0.25, 0.3) is 0 Å². The highest BCUT2D eigenvalue weighted by Crippen LogP contribution is 2.39. The molecule has 34 heavy (non-hydrogen) atoms. The van der Waals surface area contributed by atoms with Gasteiger partial charge in [-0.2, -0.15) is 0 Å². The Labute approximate surface area is 203 Å². The number of benzene rings is 2. The zero-order valence-corrected chi connectivity index (χ0v) is 21.0. The van der Waals surface area contributed by atoms with Gasteiger partial charge >= 0.3 is 11.9 Å². The van der Waals surface area contributed by atoms with Crippen molar-refractivity contribution in [1.29, 1.82) is 0 Å². The molecule has 184 valence electrons. The molecule has 2 atom stereocenters. The number of esters is 2. The van der Waals surface area contributed by atoms with Gasteiger partial charge in [-0.25, -0.2) is 0 Å². The lowest BCUT2D eigenvalue weighted by Gasteiger charge is -2.33. The molecule has 2 rings (SSSR count). The molecule has 0 bridgehead atoms. The highest BCUT2D eigenvalue weighted by molar-refractivity contribution is 5.70. The summed E-state index contributed by atoms with van der Waals surface area (Å²) in [5.74, 6) is -0.716. The molecule has 0 fully saturated rings. The van der Waals surface area contributed by atoms with Crippen LogP contribution in [0.25, 0.3) is 0 Å². The van der Waals surface area contributed by atoms with Crippen LogP contribution >= 0.6 is 0 Å². The van der Waals surface area contributed by atoms with Crippen molar-refractivity contribution in [2.75, 3.05) is 0 Å². The number of carbonyl (C=O) groups is 2. The minimum absolute atomic E-state index is 0.223. The third-order valence-electron chi connectivity index (χ3n) is 5.70. The fourth-order valence-electron chi connectivity index (χ4n) is 3.68. The first-order valence-electron chi connectivity index (χ1n) is 12.4. The minimum atomic E-state index is -1.30. The van der Waals surface area contributed by atoms with E-state index in [1.807, 2.05) is 60.7 Å². The van der Waals surface area contributed by atoms with Crippen molar-refractivity contribution >= 4 is 11.9 Å². The van der Waals surface area contributed by atoms with Crippen molar-refractivity contribution in [3.63, 3.8) is 0 Å². The topological polar surface area (TPSA) is 77.3 Å². The quantitative estimate of drug-likeness (QED) is 0.214. The van der Waals surface area contributed by atoms with Crippen molar-refractivity contribution in [2.45, 2.75) is 90.5 Å². The summed E-state index contributed by atoms with van der Waals surface area (Å²) in [7, 11) is 0. The molecule has 2 unspecified atom stereocenters. The SMILES string of the molecule is CCCCC(/N=N/C(CCCC)(OC(=O)CC)c1ccccc1)(OC(=O)CC)c1ccccc1. The lowest BCUT2D eigenvalue weighted by atomic mass is 9.96. The molecule has 2 aromatic rings. The predicted octanol–water partition coefficient (Wildman–Crippen LogP) is 7.43. The predicted molar refractivity (Wildman–Crippen MR) is 133 cm³/mol. The number of rotatable bonds is 14. The second kappa shape index (κ2) is 13.6. The van der Waals surface area contributed by atoms with Crippen LogP contribution in [0.15, 0.2) is 70.9 Å². The Morgan fingerprint density at radius 1 is 0.647 bits per heavy atom. The molecule has 0 saturated carbocycles. The van der Waals surface area contributed by atoms with E-state index in [1.165, 1.54) is 0 Å². The van der Waals surface area contributed by atoms with E-state index in [1.54, 1.807) is 13.8 Å². The second-order valence-electron chi connectivity index (χ2n) is 8.36. The standard InChI is InChI=1S/C28H38N2O4/c1-5-9-21-27(33-25(31)7-3,23-17-13-11-14-18-23)29-30-28(22-10-6-2,34-26(32)8-4)24-19-15-12-16-20-24/h11-20H,5-10,21-22H2,1-4H3/b30-29+. The van der Waals surface area contributed by atoms with Crippen LogP contribution in [0.2, 0.25) is 0 Å². The van der Waals surface area contributed by atoms with Crippen molar-refractivity contribution < 1.29 is 19.1 Å². The Morgan fingerprint density at radius 2 is 1.00 bits per heavy atom. The summed E-state index contributed by atoms with van der Waals surface area (Å²) < 4.78 is 12.0. The highest BCUT2D eigenvalue weighted by atomic mass is 16.6. The fourth-order valence-corrected chi connectivity index (χ4v) is 3.68. The maximum Gasteiger partial charge on any atom is 0.308 e. The van der Waals surface area contributed by atoms with Crippen LogP contribution in [0, 0.1) is 0 Å². The van der Waals surface area contributed by atoms with E-state index in [-0.39, 0.29) is 24.8 Å². The molecular formula is C28H38N2O4. The van der Waals surface area contributed by atoms with Gasteiger partial charge in [0.2, 0.25) is 11.4 Å². The number of unbranched alkanes of at least 4 members (excludes halogenated alkanes) is 2. The van der Waals surface area contributed by atoms with Crippen LogP contribution in [0.3, 0.4) is 0 Å². The summed E-state index contributed by atoms with van der Waals surface area (Å²) in [5, 5.41) is 9.49. The summed E-state index contributed by atoms with van der Waals surface area (Å²) in [5.41, 5.74) is -1.11. The minimum Gasteiger partial charge on any atom is -0.431 e. The average Bonchev–Trinajstić information content (AvgIpc) is 2.89. The summed E-state index contributed by atoms with van der Waals surface area (Å²) in [6.45, 7) is 7.67. The van der Waals surface area contributed by atoms with E-state index in [0.717, 1.165) is 36.8 Å². The average molecular weight is 467 g/mol. The van der Waals surface area contributed by atoms with Gasteiger partial charge in [-0.1, -0.05) is 101 Å². The molecule has 0 saturated heterocycles. The molecule has 0 amide bonds. The Hall–Kier alpha value is -3.02. The van der Waals surface area contributed by atoms with Crippen LogP contribution < -0.4 is 0 Å². The van der Waals surface area contributed by atoms with Crippen molar-refractivity contribution in [3.8, 4) is 0 Å². The summed E-state index contributed by atoms with van der Waals surface area (Å²) >= 11 is 0. The highest BCUT2D eigenvalue weighted by Gasteiger charge is 2.41. The van der Waals surface area contributed by atoms with Gasteiger partial charge in [0.1, 0.15) is 0 Å². The van der Waals surface area contributed by atoms with E-state index in [9.17, 15) is 9.59 Å². The Morgan fingerprint density at radius 3 is 1.29 bits per heavy atom. The molecule has 0 radical (unpaired) electrons. The summed E-state index contributed by atoms with van der Waals surface area (Å²) in [6.07, 6.45) is 4.77. The third-order valence-corrected chi connectivity index (χ3v) is 5.70. The zero-order valence-electron chi connectivity index (χ0n) is 21.0. The monoisotopic (exact) mass is 466 g/mol. The van der Waals surface area contributed by atoms with E-state index in [0.29, 0.717) is 12.8 Å². The lowest BCUT2D eigenvalue weighted by Crippen LogP contribution is -2.34. The molecule has 0 aromatic heterocycles. The normalized spacial score (nSPS) is 14.8. The van der Waals surface area contributed by atoms with Gasteiger partial charge < -0.3 is 9.47 Å². The van der Waals surface area contributed by atoms with E-state index < -0.39 is 11.4 Å². The first-order chi connectivity index (χ1) is 16.4. The van der Waals surface area contributed by atoms with Crippen LogP contribution in [-0.2, 0) is 30.5 Å². The Bertz CT molecular complexity index is 841. The molecule has 6 nitrogen and oxygen atoms in total. The number of hydrogen-bond donors (Lipinski definition) is 0. The number of nitrogens with zero attached hydrogens (tertiary/aromatic N) is 2. The second-order valence-corrected chi connectivity index (χ2v) is 8.36. The van der Waals surface area contributed by atoms with E-state index in [4.69, 9.17) is 19.7 Å². The molecule has 0 N–H and O–H groups in total. The summed E-state index contributed by atoms with van der Waals surface area (Å²) in [4.78, 5) is 25.1. The fraction of sp³-hybridized carbons (Fsp3) is 0.500. The molecule has 0 spiro atoms. The van der Waals surface area contributed by atoms with Crippen molar-refractivity contribution in [3.05, 3.63) is 71.8 Å². The first-order valence-corrected chi connectivity index (χ1v) is 12.4. The van der Waals surface area contributed by atoms with Crippen LogP contribution in [0.5, 0.6) is 0 Å².